The second kappa shape index (κ2) is 3.56. The summed E-state index contributed by atoms with van der Waals surface area (Å²) in [7, 11) is 0. The maximum Gasteiger partial charge on any atom is 0.293 e. The van der Waals surface area contributed by atoms with Crippen molar-refractivity contribution in [3.05, 3.63) is 0 Å². The number of hydrogen-bond acceptors (Lipinski definition) is 3. The van der Waals surface area contributed by atoms with Gasteiger partial charge < -0.3 is 10.5 Å². The van der Waals surface area contributed by atoms with Gasteiger partial charge in [-0.25, -0.2) is 0 Å². The van der Waals surface area contributed by atoms with Gasteiger partial charge in [0.15, 0.2) is 0 Å². The van der Waals surface area contributed by atoms with E-state index in [0.717, 1.165) is 6.42 Å². The molecule has 0 rings (SSSR count). The minimum atomic E-state index is -0.498. The lowest BCUT2D eigenvalue weighted by Crippen LogP contribution is -2.45. The maximum atomic E-state index is 10.0. The van der Waals surface area contributed by atoms with Gasteiger partial charge >= 0.3 is 0 Å². The number of ether oxygens (including phenoxy) is 1. The molecular weight excluding hydrogens is 130 g/mol. The van der Waals surface area contributed by atoms with Crippen molar-refractivity contribution in [1.82, 2.24) is 0 Å². The van der Waals surface area contributed by atoms with Gasteiger partial charge in [-0.15, -0.1) is 0 Å². The van der Waals surface area contributed by atoms with E-state index < -0.39 is 5.60 Å². The molecule has 10 heavy (non-hydrogen) atoms. The summed E-state index contributed by atoms with van der Waals surface area (Å²) >= 11 is 0. The molecule has 0 unspecified atom stereocenters. The maximum absolute atomic E-state index is 10.0. The Morgan fingerprint density at radius 3 is 2.40 bits per heavy atom. The van der Waals surface area contributed by atoms with Crippen molar-refractivity contribution in [2.45, 2.75) is 38.8 Å². The smallest absolute Gasteiger partial charge is 0.293 e. The summed E-state index contributed by atoms with van der Waals surface area (Å²) in [5, 5.41) is 0. The molecule has 0 aromatic carbocycles. The quantitative estimate of drug-likeness (QED) is 0.592. The van der Waals surface area contributed by atoms with Gasteiger partial charge in [0.1, 0.15) is 5.60 Å². The van der Waals surface area contributed by atoms with Crippen LogP contribution < -0.4 is 5.73 Å². The van der Waals surface area contributed by atoms with E-state index in [-0.39, 0.29) is 6.04 Å². The highest BCUT2D eigenvalue weighted by molar-refractivity contribution is 5.38. The van der Waals surface area contributed by atoms with Gasteiger partial charge in [0.05, 0.1) is 0 Å². The van der Waals surface area contributed by atoms with Crippen molar-refractivity contribution < 1.29 is 9.53 Å². The van der Waals surface area contributed by atoms with Crippen LogP contribution in [-0.2, 0) is 9.53 Å². The van der Waals surface area contributed by atoms with Crippen LogP contribution in [0.4, 0.5) is 0 Å². The van der Waals surface area contributed by atoms with Crippen molar-refractivity contribution in [3.8, 4) is 0 Å². The number of hydrogen-bond donors (Lipinski definition) is 1. The molecule has 0 aromatic heterocycles. The molecule has 3 nitrogen and oxygen atoms in total. The van der Waals surface area contributed by atoms with Crippen LogP contribution in [0.1, 0.15) is 27.2 Å². The first kappa shape index (κ1) is 9.43. The first-order valence-electron chi connectivity index (χ1n) is 3.44. The largest absolute Gasteiger partial charge is 0.460 e. The standard InChI is InChI=1S/C7H15NO2/c1-4-7(3,6(2)8)10-5-9/h5-6H,4,8H2,1-3H3/t6-,7+/m1/s1. The second-order valence-corrected chi connectivity index (χ2v) is 2.67. The van der Waals surface area contributed by atoms with E-state index in [1.54, 1.807) is 0 Å². The van der Waals surface area contributed by atoms with Gasteiger partial charge in [0.25, 0.3) is 6.47 Å². The van der Waals surface area contributed by atoms with E-state index >= 15 is 0 Å². The lowest BCUT2D eigenvalue weighted by molar-refractivity contribution is -0.143. The first-order chi connectivity index (χ1) is 4.56. The third kappa shape index (κ3) is 1.99. The van der Waals surface area contributed by atoms with Crippen LogP contribution in [0, 0.1) is 0 Å². The Bertz CT molecular complexity index is 114. The molecule has 0 bridgehead atoms. The van der Waals surface area contributed by atoms with Crippen LogP contribution >= 0.6 is 0 Å². The summed E-state index contributed by atoms with van der Waals surface area (Å²) in [6.45, 7) is 6.04. The second-order valence-electron chi connectivity index (χ2n) is 2.67. The van der Waals surface area contributed by atoms with Gasteiger partial charge in [-0.05, 0) is 20.3 Å². The van der Waals surface area contributed by atoms with Gasteiger partial charge in [-0.2, -0.15) is 0 Å². The van der Waals surface area contributed by atoms with Gasteiger partial charge in [0, 0.05) is 6.04 Å². The SMILES string of the molecule is CC[C@](C)(OC=O)[C@@H](C)N. The molecule has 0 saturated carbocycles. The van der Waals surface area contributed by atoms with Gasteiger partial charge in [-0.3, -0.25) is 4.79 Å². The third-order valence-electron chi connectivity index (χ3n) is 1.98. The zero-order valence-electron chi connectivity index (χ0n) is 6.76. The number of rotatable bonds is 4. The lowest BCUT2D eigenvalue weighted by Gasteiger charge is -2.29. The monoisotopic (exact) mass is 145 g/mol. The molecule has 0 heterocycles. The highest BCUT2D eigenvalue weighted by atomic mass is 16.5. The molecule has 0 aromatic rings. The zero-order valence-corrected chi connectivity index (χ0v) is 6.76. The van der Waals surface area contributed by atoms with E-state index in [9.17, 15) is 4.79 Å². The van der Waals surface area contributed by atoms with E-state index in [1.807, 2.05) is 20.8 Å². The fourth-order valence-electron chi connectivity index (χ4n) is 0.623. The average molecular weight is 145 g/mol. The summed E-state index contributed by atoms with van der Waals surface area (Å²) in [5.41, 5.74) is 5.09. The summed E-state index contributed by atoms with van der Waals surface area (Å²) in [5.74, 6) is 0. The highest BCUT2D eigenvalue weighted by Gasteiger charge is 2.27. The Balaban J connectivity index is 4.07. The fourth-order valence-corrected chi connectivity index (χ4v) is 0.623. The topological polar surface area (TPSA) is 52.3 Å². The number of carbonyl (C=O) groups excluding carboxylic acids is 1. The zero-order chi connectivity index (χ0) is 8.20. The summed E-state index contributed by atoms with van der Waals surface area (Å²) < 4.78 is 4.83. The molecule has 0 amide bonds. The average Bonchev–Trinajstić information content (AvgIpc) is 1.88. The van der Waals surface area contributed by atoms with Crippen LogP contribution in [-0.4, -0.2) is 18.1 Å². The van der Waals surface area contributed by atoms with E-state index in [1.165, 1.54) is 0 Å². The number of carbonyl (C=O) groups is 1. The molecule has 0 radical (unpaired) electrons. The Morgan fingerprint density at radius 1 is 1.80 bits per heavy atom. The van der Waals surface area contributed by atoms with Crippen molar-refractivity contribution in [2.75, 3.05) is 0 Å². The van der Waals surface area contributed by atoms with Gasteiger partial charge in [0.2, 0.25) is 0 Å². The Labute approximate surface area is 61.5 Å². The van der Waals surface area contributed by atoms with Crippen molar-refractivity contribution in [1.29, 1.82) is 0 Å². The Kier molecular flexibility index (Phi) is 3.36. The van der Waals surface area contributed by atoms with Crippen LogP contribution in [0.5, 0.6) is 0 Å². The molecular formula is C7H15NO2. The minimum Gasteiger partial charge on any atom is -0.460 e. The van der Waals surface area contributed by atoms with E-state index in [4.69, 9.17) is 10.5 Å². The van der Waals surface area contributed by atoms with Crippen LogP contribution in [0.2, 0.25) is 0 Å². The first-order valence-corrected chi connectivity index (χ1v) is 3.44. The third-order valence-corrected chi connectivity index (χ3v) is 1.98. The van der Waals surface area contributed by atoms with Crippen molar-refractivity contribution in [2.24, 2.45) is 5.73 Å². The molecule has 3 heteroatoms. The Hall–Kier alpha value is -0.570. The predicted molar refractivity (Wildman–Crippen MR) is 39.5 cm³/mol. The molecule has 60 valence electrons. The molecule has 0 saturated heterocycles. The van der Waals surface area contributed by atoms with E-state index in [2.05, 4.69) is 0 Å². The summed E-state index contributed by atoms with van der Waals surface area (Å²) in [6.07, 6.45) is 0.739. The van der Waals surface area contributed by atoms with E-state index in [0.29, 0.717) is 6.47 Å². The summed E-state index contributed by atoms with van der Waals surface area (Å²) in [4.78, 5) is 10.0. The van der Waals surface area contributed by atoms with Crippen LogP contribution in [0.3, 0.4) is 0 Å². The van der Waals surface area contributed by atoms with Crippen LogP contribution in [0.15, 0.2) is 0 Å². The molecule has 0 aliphatic rings. The van der Waals surface area contributed by atoms with Crippen molar-refractivity contribution in [3.63, 3.8) is 0 Å². The lowest BCUT2D eigenvalue weighted by atomic mass is 9.95. The number of nitrogens with two attached hydrogens (primary N) is 1. The molecule has 2 atom stereocenters. The summed E-state index contributed by atoms with van der Waals surface area (Å²) in [6, 6.07) is -0.123. The molecule has 0 aliphatic heterocycles. The molecule has 0 fully saturated rings. The molecule has 0 spiro atoms. The van der Waals surface area contributed by atoms with Gasteiger partial charge in [-0.1, -0.05) is 6.92 Å². The molecule has 2 N–H and O–H groups in total. The molecule has 0 aliphatic carbocycles. The normalized spacial score (nSPS) is 19.2. The minimum absolute atomic E-state index is 0.123. The predicted octanol–water partition coefficient (Wildman–Crippen LogP) is 0.675. The highest BCUT2D eigenvalue weighted by Crippen LogP contribution is 2.16. The fraction of sp³-hybridized carbons (Fsp3) is 0.857. The van der Waals surface area contributed by atoms with Crippen molar-refractivity contribution >= 4 is 6.47 Å². The Morgan fingerprint density at radius 2 is 2.30 bits per heavy atom. The van der Waals surface area contributed by atoms with Crippen LogP contribution in [0.25, 0.3) is 0 Å².